The first-order chi connectivity index (χ1) is 7.78. The second kappa shape index (κ2) is 5.17. The number of rotatable bonds is 3. The third kappa shape index (κ3) is 4.85. The van der Waals surface area contributed by atoms with Crippen LogP contribution in [0.4, 0.5) is 10.1 Å². The summed E-state index contributed by atoms with van der Waals surface area (Å²) in [5.41, 5.74) is 0.720. The molecule has 0 aliphatic rings. The van der Waals surface area contributed by atoms with E-state index >= 15 is 0 Å². The summed E-state index contributed by atoms with van der Waals surface area (Å²) in [6.07, 6.45) is 0. The molecule has 0 aromatic heterocycles. The summed E-state index contributed by atoms with van der Waals surface area (Å²) in [6.45, 7) is 7.18. The van der Waals surface area contributed by atoms with Gasteiger partial charge in [0.2, 0.25) is 0 Å². The van der Waals surface area contributed by atoms with E-state index in [0.29, 0.717) is 5.69 Å². The Balaban J connectivity index is 2.56. The molecule has 0 saturated heterocycles. The summed E-state index contributed by atoms with van der Waals surface area (Å²) in [7, 11) is 0. The van der Waals surface area contributed by atoms with Crippen molar-refractivity contribution in [2.45, 2.75) is 33.3 Å². The maximum Gasteiger partial charge on any atom is 0.325 e. The number of ether oxygens (including phenoxy) is 1. The first kappa shape index (κ1) is 13.5. The number of carbonyl (C=O) groups excluding carboxylic acids is 1. The van der Waals surface area contributed by atoms with E-state index in [4.69, 9.17) is 4.74 Å². The second-order valence-corrected chi connectivity index (χ2v) is 4.92. The van der Waals surface area contributed by atoms with Gasteiger partial charge in [0.1, 0.15) is 18.0 Å². The molecule has 1 N–H and O–H groups in total. The Morgan fingerprint density at radius 1 is 1.41 bits per heavy atom. The quantitative estimate of drug-likeness (QED) is 0.824. The molecule has 0 heterocycles. The fourth-order valence-corrected chi connectivity index (χ4v) is 1.32. The molecule has 1 aromatic carbocycles. The van der Waals surface area contributed by atoms with Gasteiger partial charge in [-0.05, 0) is 45.4 Å². The second-order valence-electron chi connectivity index (χ2n) is 4.92. The lowest BCUT2D eigenvalue weighted by molar-refractivity contribution is -0.152. The number of benzene rings is 1. The smallest absolute Gasteiger partial charge is 0.325 e. The van der Waals surface area contributed by atoms with Gasteiger partial charge in [0, 0.05) is 0 Å². The minimum atomic E-state index is -0.524. The molecule has 0 saturated carbocycles. The van der Waals surface area contributed by atoms with Crippen molar-refractivity contribution in [2.75, 3.05) is 11.9 Å². The average Bonchev–Trinajstić information content (AvgIpc) is 2.17. The van der Waals surface area contributed by atoms with Crippen molar-refractivity contribution in [1.29, 1.82) is 0 Å². The zero-order chi connectivity index (χ0) is 13.1. The Morgan fingerprint density at radius 3 is 2.65 bits per heavy atom. The highest BCUT2D eigenvalue weighted by Crippen LogP contribution is 2.15. The fourth-order valence-electron chi connectivity index (χ4n) is 1.32. The van der Waals surface area contributed by atoms with E-state index in [9.17, 15) is 9.18 Å². The van der Waals surface area contributed by atoms with Crippen molar-refractivity contribution in [3.63, 3.8) is 0 Å². The van der Waals surface area contributed by atoms with Crippen LogP contribution in [0.5, 0.6) is 0 Å². The molecule has 0 radical (unpaired) electrons. The third-order valence-electron chi connectivity index (χ3n) is 1.97. The van der Waals surface area contributed by atoms with E-state index in [2.05, 4.69) is 5.32 Å². The van der Waals surface area contributed by atoms with Gasteiger partial charge in [-0.3, -0.25) is 4.79 Å². The largest absolute Gasteiger partial charge is 0.459 e. The number of hydrogen-bond donors (Lipinski definition) is 1. The monoisotopic (exact) mass is 239 g/mol. The highest BCUT2D eigenvalue weighted by atomic mass is 19.1. The predicted octanol–water partition coefficient (Wildman–Crippen LogP) is 2.89. The maximum atomic E-state index is 13.3. The van der Waals surface area contributed by atoms with Crippen LogP contribution < -0.4 is 5.32 Å². The first-order valence-corrected chi connectivity index (χ1v) is 5.50. The number of nitrogens with one attached hydrogen (secondary N) is 1. The van der Waals surface area contributed by atoms with Crippen molar-refractivity contribution >= 4 is 11.7 Å². The summed E-state index contributed by atoms with van der Waals surface area (Å²) in [5, 5.41) is 2.73. The summed E-state index contributed by atoms with van der Waals surface area (Å²) < 4.78 is 18.4. The maximum absolute atomic E-state index is 13.3. The van der Waals surface area contributed by atoms with Crippen LogP contribution in [0.15, 0.2) is 18.2 Å². The molecule has 0 aliphatic heterocycles. The van der Waals surface area contributed by atoms with Crippen LogP contribution in [0.2, 0.25) is 0 Å². The highest BCUT2D eigenvalue weighted by Gasteiger charge is 2.16. The SMILES string of the molecule is Cc1ccc(F)c(NCC(=O)OC(C)(C)C)c1. The molecular weight excluding hydrogens is 221 g/mol. The molecule has 3 nitrogen and oxygen atoms in total. The molecule has 4 heteroatoms. The van der Waals surface area contributed by atoms with E-state index in [-0.39, 0.29) is 12.4 Å². The standard InChI is InChI=1S/C13H18FNO2/c1-9-5-6-10(14)11(7-9)15-8-12(16)17-13(2,3)4/h5-7,15H,8H2,1-4H3. The van der Waals surface area contributed by atoms with Crippen LogP contribution in [0.3, 0.4) is 0 Å². The molecule has 1 aromatic rings. The number of anilines is 1. The Kier molecular flexibility index (Phi) is 4.10. The van der Waals surface area contributed by atoms with E-state index in [1.165, 1.54) is 6.07 Å². The van der Waals surface area contributed by atoms with Crippen molar-refractivity contribution in [2.24, 2.45) is 0 Å². The van der Waals surface area contributed by atoms with Crippen LogP contribution in [0.25, 0.3) is 0 Å². The lowest BCUT2D eigenvalue weighted by Gasteiger charge is -2.19. The van der Waals surface area contributed by atoms with Crippen molar-refractivity contribution in [3.05, 3.63) is 29.6 Å². The molecule has 0 aliphatic carbocycles. The van der Waals surface area contributed by atoms with Crippen LogP contribution in [-0.2, 0) is 9.53 Å². The van der Waals surface area contributed by atoms with Crippen LogP contribution in [0, 0.1) is 12.7 Å². The molecule has 0 unspecified atom stereocenters. The van der Waals surface area contributed by atoms with Gasteiger partial charge in [-0.25, -0.2) is 4.39 Å². The fraction of sp³-hybridized carbons (Fsp3) is 0.462. The normalized spacial score (nSPS) is 11.1. The molecule has 0 fully saturated rings. The topological polar surface area (TPSA) is 38.3 Å². The first-order valence-electron chi connectivity index (χ1n) is 5.50. The van der Waals surface area contributed by atoms with E-state index in [1.807, 2.05) is 6.92 Å². The minimum Gasteiger partial charge on any atom is -0.459 e. The summed E-state index contributed by atoms with van der Waals surface area (Å²) in [5.74, 6) is -0.780. The van der Waals surface area contributed by atoms with Gasteiger partial charge in [-0.1, -0.05) is 6.07 Å². The molecule has 94 valence electrons. The molecule has 0 amide bonds. The van der Waals surface area contributed by atoms with Crippen molar-refractivity contribution in [3.8, 4) is 0 Å². The molecular formula is C13H18FNO2. The number of carbonyl (C=O) groups is 1. The van der Waals surface area contributed by atoms with Gasteiger partial charge in [-0.15, -0.1) is 0 Å². The van der Waals surface area contributed by atoms with Crippen molar-refractivity contribution in [1.82, 2.24) is 0 Å². The Bertz CT molecular complexity index is 410. The van der Waals surface area contributed by atoms with Crippen molar-refractivity contribution < 1.29 is 13.9 Å². The Hall–Kier alpha value is -1.58. The van der Waals surface area contributed by atoms with Gasteiger partial charge < -0.3 is 10.1 Å². The molecule has 0 atom stereocenters. The van der Waals surface area contributed by atoms with E-state index in [0.717, 1.165) is 5.56 Å². The number of aryl methyl sites for hydroxylation is 1. The van der Waals surface area contributed by atoms with Crippen LogP contribution >= 0.6 is 0 Å². The van der Waals surface area contributed by atoms with Crippen LogP contribution in [-0.4, -0.2) is 18.1 Å². The predicted molar refractivity (Wildman–Crippen MR) is 65.5 cm³/mol. The molecule has 0 bridgehead atoms. The number of esters is 1. The molecule has 17 heavy (non-hydrogen) atoms. The van der Waals surface area contributed by atoms with Crippen LogP contribution in [0.1, 0.15) is 26.3 Å². The lowest BCUT2D eigenvalue weighted by Crippen LogP contribution is -2.28. The Morgan fingerprint density at radius 2 is 2.06 bits per heavy atom. The summed E-state index contributed by atoms with van der Waals surface area (Å²) in [6, 6.07) is 4.69. The Labute approximate surface area is 101 Å². The number of halogens is 1. The average molecular weight is 239 g/mol. The summed E-state index contributed by atoms with van der Waals surface area (Å²) >= 11 is 0. The molecule has 1 rings (SSSR count). The van der Waals surface area contributed by atoms with Gasteiger partial charge in [-0.2, -0.15) is 0 Å². The van der Waals surface area contributed by atoms with Gasteiger partial charge in [0.15, 0.2) is 0 Å². The van der Waals surface area contributed by atoms with E-state index < -0.39 is 11.6 Å². The summed E-state index contributed by atoms with van der Waals surface area (Å²) in [4.78, 5) is 11.4. The van der Waals surface area contributed by atoms with E-state index in [1.54, 1.807) is 32.9 Å². The minimum absolute atomic E-state index is 0.0440. The zero-order valence-corrected chi connectivity index (χ0v) is 10.6. The highest BCUT2D eigenvalue weighted by molar-refractivity contribution is 5.75. The zero-order valence-electron chi connectivity index (χ0n) is 10.6. The lowest BCUT2D eigenvalue weighted by atomic mass is 10.2. The van der Waals surface area contributed by atoms with Gasteiger partial charge in [0.25, 0.3) is 0 Å². The third-order valence-corrected chi connectivity index (χ3v) is 1.97. The number of hydrogen-bond acceptors (Lipinski definition) is 3. The van der Waals surface area contributed by atoms with Gasteiger partial charge in [0.05, 0.1) is 5.69 Å². The molecule has 0 spiro atoms. The van der Waals surface area contributed by atoms with Gasteiger partial charge >= 0.3 is 5.97 Å².